The number of nitrogens with zero attached hydrogens (tertiary/aromatic N) is 3. The fourth-order valence-electron chi connectivity index (χ4n) is 2.17. The topological polar surface area (TPSA) is 75.6 Å². The summed E-state index contributed by atoms with van der Waals surface area (Å²) in [5.41, 5.74) is 8.71. The van der Waals surface area contributed by atoms with E-state index in [1.165, 1.54) is 12.1 Å². The van der Waals surface area contributed by atoms with Gasteiger partial charge in [0.2, 0.25) is 0 Å². The van der Waals surface area contributed by atoms with Gasteiger partial charge in [-0.05, 0) is 42.5 Å². The van der Waals surface area contributed by atoms with Crippen LogP contribution in [0.25, 0.3) is 22.5 Å². The molecule has 4 nitrogen and oxygen atoms in total. The Bertz CT molecular complexity index is 852. The minimum absolute atomic E-state index is 0.130. The van der Waals surface area contributed by atoms with Crippen LogP contribution in [0.4, 0.5) is 10.2 Å². The molecule has 3 rings (SSSR count). The van der Waals surface area contributed by atoms with Crippen LogP contribution in [-0.4, -0.2) is 9.97 Å². The van der Waals surface area contributed by atoms with E-state index in [0.717, 1.165) is 5.56 Å². The number of hydrogen-bond acceptors (Lipinski definition) is 4. The van der Waals surface area contributed by atoms with Gasteiger partial charge in [0.05, 0.1) is 11.4 Å². The third kappa shape index (κ3) is 2.50. The smallest absolute Gasteiger partial charge is 0.142 e. The summed E-state index contributed by atoms with van der Waals surface area (Å²) in [4.78, 5) is 8.49. The zero-order chi connectivity index (χ0) is 15.5. The molecule has 2 N–H and O–H groups in total. The van der Waals surface area contributed by atoms with Crippen molar-refractivity contribution >= 4 is 5.82 Å². The lowest BCUT2D eigenvalue weighted by Crippen LogP contribution is -2.00. The van der Waals surface area contributed by atoms with Crippen molar-refractivity contribution in [1.82, 2.24) is 9.97 Å². The third-order valence-electron chi connectivity index (χ3n) is 3.24. The summed E-state index contributed by atoms with van der Waals surface area (Å²) < 4.78 is 13.0. The number of nitrogens with two attached hydrogens (primary N) is 1. The van der Waals surface area contributed by atoms with Gasteiger partial charge in [0, 0.05) is 17.3 Å². The maximum atomic E-state index is 13.0. The summed E-state index contributed by atoms with van der Waals surface area (Å²) in [5.74, 6) is -0.194. The monoisotopic (exact) mass is 290 g/mol. The van der Waals surface area contributed by atoms with Crippen molar-refractivity contribution in [2.24, 2.45) is 0 Å². The number of nitrogen functional groups attached to an aromatic ring is 1. The highest BCUT2D eigenvalue weighted by Gasteiger charge is 2.14. The number of rotatable bonds is 2. The van der Waals surface area contributed by atoms with Gasteiger partial charge in [-0.1, -0.05) is 6.07 Å². The van der Waals surface area contributed by atoms with Gasteiger partial charge in [-0.25, -0.2) is 9.37 Å². The van der Waals surface area contributed by atoms with Gasteiger partial charge >= 0.3 is 0 Å². The van der Waals surface area contributed by atoms with Crippen LogP contribution in [0.2, 0.25) is 0 Å². The molecule has 0 aliphatic rings. The zero-order valence-electron chi connectivity index (χ0n) is 11.5. The summed E-state index contributed by atoms with van der Waals surface area (Å²) >= 11 is 0. The van der Waals surface area contributed by atoms with E-state index in [2.05, 4.69) is 16.0 Å². The molecule has 0 fully saturated rings. The van der Waals surface area contributed by atoms with Gasteiger partial charge < -0.3 is 5.73 Å². The lowest BCUT2D eigenvalue weighted by molar-refractivity contribution is 0.628. The number of benzene rings is 1. The molecule has 5 heteroatoms. The van der Waals surface area contributed by atoms with E-state index in [4.69, 9.17) is 5.73 Å². The van der Waals surface area contributed by atoms with Crippen LogP contribution < -0.4 is 5.73 Å². The minimum atomic E-state index is -0.324. The second-order valence-electron chi connectivity index (χ2n) is 4.65. The van der Waals surface area contributed by atoms with E-state index in [1.54, 1.807) is 36.5 Å². The molecule has 1 aromatic carbocycles. The average molecular weight is 290 g/mol. The fourth-order valence-corrected chi connectivity index (χ4v) is 2.17. The summed E-state index contributed by atoms with van der Waals surface area (Å²) in [7, 11) is 0. The van der Waals surface area contributed by atoms with E-state index in [0.29, 0.717) is 17.0 Å². The molecule has 0 spiro atoms. The second kappa shape index (κ2) is 5.62. The molecular weight excluding hydrogens is 279 g/mol. The number of aromatic nitrogens is 2. The van der Waals surface area contributed by atoms with E-state index < -0.39 is 0 Å². The quantitative estimate of drug-likeness (QED) is 0.784. The molecule has 0 aliphatic heterocycles. The highest BCUT2D eigenvalue weighted by atomic mass is 19.1. The Balaban J connectivity index is 2.21. The van der Waals surface area contributed by atoms with Crippen LogP contribution in [0.15, 0.2) is 54.7 Å². The Morgan fingerprint density at radius 3 is 2.45 bits per heavy atom. The molecule has 0 unspecified atom stereocenters. The number of halogens is 1. The van der Waals surface area contributed by atoms with E-state index >= 15 is 0 Å². The molecule has 0 atom stereocenters. The van der Waals surface area contributed by atoms with Gasteiger partial charge in [-0.3, -0.25) is 4.98 Å². The molecule has 2 aromatic heterocycles. The van der Waals surface area contributed by atoms with Gasteiger partial charge in [0.25, 0.3) is 0 Å². The molecule has 106 valence electrons. The Kier molecular flexibility index (Phi) is 3.50. The molecular formula is C17H11FN4. The molecule has 0 radical (unpaired) electrons. The van der Waals surface area contributed by atoms with E-state index in [-0.39, 0.29) is 17.2 Å². The number of pyridine rings is 2. The maximum absolute atomic E-state index is 13.0. The van der Waals surface area contributed by atoms with Gasteiger partial charge in [0.1, 0.15) is 23.3 Å². The standard InChI is InChI=1S/C17H11FN4/c18-12-6-4-11(5-7-12)16-9-13(14(10-19)17(20)22-16)15-3-1-2-8-21-15/h1-9H,(H2,20,22). The van der Waals surface area contributed by atoms with Crippen LogP contribution in [0.3, 0.4) is 0 Å². The molecule has 3 aromatic rings. The van der Waals surface area contributed by atoms with Crippen LogP contribution in [-0.2, 0) is 0 Å². The molecule has 2 heterocycles. The van der Waals surface area contributed by atoms with Gasteiger partial charge in [-0.15, -0.1) is 0 Å². The Morgan fingerprint density at radius 2 is 1.82 bits per heavy atom. The van der Waals surface area contributed by atoms with Crippen molar-refractivity contribution in [3.8, 4) is 28.6 Å². The summed E-state index contributed by atoms with van der Waals surface area (Å²) in [6, 6.07) is 15.2. The van der Waals surface area contributed by atoms with E-state index in [1.807, 2.05) is 6.07 Å². The van der Waals surface area contributed by atoms with Crippen molar-refractivity contribution in [3.63, 3.8) is 0 Å². The molecule has 0 saturated heterocycles. The van der Waals surface area contributed by atoms with Crippen molar-refractivity contribution in [2.75, 3.05) is 5.73 Å². The predicted octanol–water partition coefficient (Wildman–Crippen LogP) is 3.40. The SMILES string of the molecule is N#Cc1c(-c2ccccn2)cc(-c2ccc(F)cc2)nc1N. The van der Waals surface area contributed by atoms with Crippen molar-refractivity contribution in [2.45, 2.75) is 0 Å². The zero-order valence-corrected chi connectivity index (χ0v) is 11.5. The lowest BCUT2D eigenvalue weighted by Gasteiger charge is -2.09. The minimum Gasteiger partial charge on any atom is -0.383 e. The van der Waals surface area contributed by atoms with Crippen molar-refractivity contribution in [1.29, 1.82) is 5.26 Å². The molecule has 0 aliphatic carbocycles. The average Bonchev–Trinajstić information content (AvgIpc) is 2.55. The fraction of sp³-hybridized carbons (Fsp3) is 0. The largest absolute Gasteiger partial charge is 0.383 e. The van der Waals surface area contributed by atoms with Gasteiger partial charge in [0.15, 0.2) is 0 Å². The third-order valence-corrected chi connectivity index (χ3v) is 3.24. The van der Waals surface area contributed by atoms with Crippen molar-refractivity contribution in [3.05, 3.63) is 66.1 Å². The van der Waals surface area contributed by atoms with E-state index in [9.17, 15) is 9.65 Å². The normalized spacial score (nSPS) is 10.2. The molecule has 22 heavy (non-hydrogen) atoms. The van der Waals surface area contributed by atoms with Crippen LogP contribution in [0.5, 0.6) is 0 Å². The Hall–Kier alpha value is -3.26. The Morgan fingerprint density at radius 1 is 1.05 bits per heavy atom. The highest BCUT2D eigenvalue weighted by Crippen LogP contribution is 2.29. The maximum Gasteiger partial charge on any atom is 0.142 e. The first-order chi connectivity index (χ1) is 10.7. The van der Waals surface area contributed by atoms with Crippen LogP contribution in [0, 0.1) is 17.1 Å². The first-order valence-corrected chi connectivity index (χ1v) is 6.57. The Labute approximate surface area is 126 Å². The lowest BCUT2D eigenvalue weighted by atomic mass is 10.0. The number of anilines is 1. The summed E-state index contributed by atoms with van der Waals surface area (Å²) in [6.07, 6.45) is 1.64. The van der Waals surface area contributed by atoms with Crippen LogP contribution in [0.1, 0.15) is 5.56 Å². The molecule has 0 saturated carbocycles. The number of hydrogen-bond donors (Lipinski definition) is 1. The molecule has 0 bridgehead atoms. The van der Waals surface area contributed by atoms with Gasteiger partial charge in [-0.2, -0.15) is 5.26 Å². The summed E-state index contributed by atoms with van der Waals surface area (Å²) in [5, 5.41) is 9.31. The summed E-state index contributed by atoms with van der Waals surface area (Å²) in [6.45, 7) is 0. The first kappa shape index (κ1) is 13.7. The highest BCUT2D eigenvalue weighted by molar-refractivity contribution is 5.78. The second-order valence-corrected chi connectivity index (χ2v) is 4.65. The van der Waals surface area contributed by atoms with Crippen LogP contribution >= 0.6 is 0 Å². The first-order valence-electron chi connectivity index (χ1n) is 6.57. The molecule has 0 amide bonds. The predicted molar refractivity (Wildman–Crippen MR) is 82.0 cm³/mol. The van der Waals surface area contributed by atoms with Crippen molar-refractivity contribution < 1.29 is 4.39 Å². The number of nitriles is 1.